The highest BCUT2D eigenvalue weighted by atomic mass is 35.5. The van der Waals surface area contributed by atoms with E-state index in [2.05, 4.69) is 149 Å². The lowest BCUT2D eigenvalue weighted by Gasteiger charge is -2.37. The third kappa shape index (κ3) is 22.8. The van der Waals surface area contributed by atoms with Crippen molar-refractivity contribution in [2.45, 2.75) is 347 Å². The van der Waals surface area contributed by atoms with E-state index < -0.39 is 11.9 Å². The summed E-state index contributed by atoms with van der Waals surface area (Å²) in [4.78, 5) is 129. The Labute approximate surface area is 804 Å². The van der Waals surface area contributed by atoms with Gasteiger partial charge in [-0.3, -0.25) is 88.1 Å². The molecule has 8 aliphatic rings. The third-order valence-corrected chi connectivity index (χ3v) is 30.1. The minimum Gasteiger partial charge on any atom is -0.296 e. The van der Waals surface area contributed by atoms with Crippen molar-refractivity contribution in [2.75, 3.05) is 31.9 Å². The molecule has 0 saturated heterocycles. The van der Waals surface area contributed by atoms with E-state index in [4.69, 9.17) is 11.6 Å². The monoisotopic (exact) mass is 1900 g/mol. The van der Waals surface area contributed by atoms with E-state index in [-0.39, 0.29) is 98.4 Å². The van der Waals surface area contributed by atoms with Crippen LogP contribution in [0.4, 0.5) is 48.9 Å². The second-order valence-corrected chi connectivity index (χ2v) is 43.0. The van der Waals surface area contributed by atoms with Crippen molar-refractivity contribution < 1.29 is 41.9 Å². The molecule has 12 aromatic heterocycles. The van der Waals surface area contributed by atoms with Gasteiger partial charge in [-0.1, -0.05) is 121 Å². The predicted octanol–water partition coefficient (Wildman–Crippen LogP) is 24.1. The number of anilines is 6. The molecular weight excluding hydrogens is 1760 g/mol. The molecule has 20 rings (SSSR count). The number of fused-ring (bicyclic) bond motifs is 6. The van der Waals surface area contributed by atoms with Gasteiger partial charge in [-0.2, -0.15) is 13.2 Å². The van der Waals surface area contributed by atoms with Crippen molar-refractivity contribution in [3.05, 3.63) is 106 Å². The Hall–Kier alpha value is -11.4. The largest absolute Gasteiger partial charge is 0.433 e. The number of carbonyl (C=O) groups is 6. The van der Waals surface area contributed by atoms with Crippen LogP contribution < -0.4 is 31.9 Å². The minimum absolute atomic E-state index is 0.00523. The van der Waals surface area contributed by atoms with Crippen LogP contribution >= 0.6 is 11.6 Å². The Bertz CT molecular complexity index is 6160. The molecule has 0 aliphatic heterocycles. The van der Waals surface area contributed by atoms with Gasteiger partial charge in [-0.15, -0.1) is 0 Å². The average Bonchev–Trinajstić information content (AvgIpc) is 1.65. The lowest BCUT2D eigenvalue weighted by atomic mass is 9.68. The highest BCUT2D eigenvalue weighted by molar-refractivity contribution is 6.29. The summed E-state index contributed by atoms with van der Waals surface area (Å²) in [6.07, 6.45) is 25.4. The van der Waals surface area contributed by atoms with E-state index in [1.54, 1.807) is 10.6 Å². The number of aromatic nitrogens is 18. The summed E-state index contributed by atoms with van der Waals surface area (Å²) in [5, 5.41) is 18.4. The number of imidazole rings is 6. The van der Waals surface area contributed by atoms with Crippen LogP contribution in [0, 0.1) is 73.0 Å². The van der Waals surface area contributed by atoms with Crippen molar-refractivity contribution in [3.8, 4) is 0 Å². The summed E-state index contributed by atoms with van der Waals surface area (Å²) in [6, 6.07) is 23.6. The van der Waals surface area contributed by atoms with Gasteiger partial charge in [0, 0.05) is 95.5 Å². The maximum atomic E-state index is 13.0. The first kappa shape index (κ1) is 100. The van der Waals surface area contributed by atoms with Gasteiger partial charge < -0.3 is 0 Å². The second-order valence-electron chi connectivity index (χ2n) is 42.6. The number of aryl methyl sites for hydroxylation is 4. The summed E-state index contributed by atoms with van der Waals surface area (Å²) in [7, 11) is 0. The SMILES string of the molecule is CC1(CC(=O)Nc2nc3ccc(Cl)nc3n2C2CCC2)CCC1.CC[C@@H](C)C(=O)Nc1nc2ccc(C)nc2n1C1CCC1.CC[C@H](C)C(=O)Nc1nc2ccc(C)nc2n1C1CCC1.C[C@H](C(=O)Nc1nc2ccc(C(F)(F)F)nc2n1C1CCC1)C(C)(C)C.Cc1ccc2nc(NC(=O)CC3(C)CCC3)n(C3CCC3)c2n1.Cc1ccc2nc(NC(=O)[C@@H](C)C(C)(C)C)n(C3CCC3)c2n1. The van der Waals surface area contributed by atoms with Crippen LogP contribution in [0.3, 0.4) is 0 Å². The van der Waals surface area contributed by atoms with Gasteiger partial charge in [-0.05, 0) is 276 Å². The molecule has 137 heavy (non-hydrogen) atoms. The Morgan fingerprint density at radius 1 is 0.343 bits per heavy atom. The molecule has 30 nitrogen and oxygen atoms in total. The molecule has 0 bridgehead atoms. The van der Waals surface area contributed by atoms with Gasteiger partial charge in [0.15, 0.2) is 33.9 Å². The van der Waals surface area contributed by atoms with Crippen molar-refractivity contribution >= 4 is 150 Å². The first-order valence-corrected chi connectivity index (χ1v) is 50.2. The number of nitrogens with zero attached hydrogens (tertiary/aromatic N) is 18. The topological polar surface area (TPSA) is 359 Å². The summed E-state index contributed by atoms with van der Waals surface area (Å²) in [5.74, 6) is 3.14. The molecule has 734 valence electrons. The smallest absolute Gasteiger partial charge is 0.296 e. The van der Waals surface area contributed by atoms with Crippen LogP contribution in [0.25, 0.3) is 67.0 Å². The van der Waals surface area contributed by atoms with E-state index in [9.17, 15) is 41.9 Å². The second kappa shape index (κ2) is 41.3. The molecule has 0 radical (unpaired) electrons. The van der Waals surface area contributed by atoms with Crippen LogP contribution in [0.5, 0.6) is 0 Å². The highest BCUT2D eigenvalue weighted by Crippen LogP contribution is 2.48. The molecule has 4 atom stereocenters. The zero-order valence-corrected chi connectivity index (χ0v) is 83.8. The van der Waals surface area contributed by atoms with Crippen LogP contribution in [-0.4, -0.2) is 123 Å². The number of halogens is 4. The number of hydrogen-bond acceptors (Lipinski definition) is 18. The van der Waals surface area contributed by atoms with E-state index in [1.807, 2.05) is 145 Å². The maximum absolute atomic E-state index is 13.0. The van der Waals surface area contributed by atoms with Crippen molar-refractivity contribution in [1.82, 2.24) is 87.2 Å². The lowest BCUT2D eigenvalue weighted by molar-refractivity contribution is -0.141. The predicted molar refractivity (Wildman–Crippen MR) is 533 cm³/mol. The van der Waals surface area contributed by atoms with Crippen molar-refractivity contribution in [3.63, 3.8) is 0 Å². The Morgan fingerprint density at radius 3 is 0.803 bits per heavy atom. The standard InChI is InChI=1S/C18H23F3N4O.C18H24N4O.C18H26N4O.C17H21ClN4O.2C16H22N4O/c1-10(17(2,3)4)15(26)24-16-22-12-8-9-13(18(19,20)21)23-14(12)25(16)11-6-5-7-11;1-12-7-8-14-16(19-12)22(13-5-3-6-13)17(20-14)21-15(23)11-18(2)9-4-10-18;1-11-9-10-14-15(19-11)22(13-7-6-8-13)17(20-14)21-16(23)12(2)18(3,4)5;1-17(8-3-9-17)10-14(23)21-16-19-12-6-7-13(18)20-15(12)22(16)11-4-2-5-11;2*1-4-10(2)15(21)19-16-18-13-9-8-11(3)17-14(13)20(16)12-6-5-7-12/h8-11H,5-7H2,1-4H3,(H,22,24,26);7-8,13H,3-6,9-11H2,1-2H3,(H,20,21,23);9-10,12-13H,6-8H2,1-5H3,(H,20,21,23);6-7,11H,2-5,8-10H2,1H3,(H,19,21,23);2*8-10,12H,4-7H2,1-3H3,(H,18,19,21)/t10-;;12-;;2*10-/m1.1.10/s1. The average molecular weight is 1900 g/mol. The molecule has 0 spiro atoms. The van der Waals surface area contributed by atoms with E-state index in [1.165, 1.54) is 51.0 Å². The quantitative estimate of drug-likeness (QED) is 0.0343. The lowest BCUT2D eigenvalue weighted by Crippen LogP contribution is -2.32. The fourth-order valence-electron chi connectivity index (χ4n) is 17.9. The van der Waals surface area contributed by atoms with Crippen molar-refractivity contribution in [1.29, 1.82) is 0 Å². The molecular formula is C103H138ClF3N24O6. The normalized spacial score (nSPS) is 18.0. The van der Waals surface area contributed by atoms with Crippen molar-refractivity contribution in [2.24, 2.45) is 45.3 Å². The summed E-state index contributed by atoms with van der Waals surface area (Å²) >= 11 is 6.05. The fraction of sp³-hybridized carbons (Fsp3) is 0.592. The Kier molecular flexibility index (Phi) is 30.2. The number of hydrogen-bond donors (Lipinski definition) is 6. The molecule has 0 unspecified atom stereocenters. The van der Waals surface area contributed by atoms with Crippen LogP contribution in [-0.2, 0) is 34.9 Å². The maximum Gasteiger partial charge on any atom is 0.433 e. The summed E-state index contributed by atoms with van der Waals surface area (Å²) < 4.78 is 51.3. The molecule has 34 heteroatoms. The molecule has 8 aliphatic carbocycles. The zero-order chi connectivity index (χ0) is 98.1. The molecule has 6 amide bonds. The molecule has 8 saturated carbocycles. The highest BCUT2D eigenvalue weighted by Gasteiger charge is 2.41. The number of rotatable bonds is 22. The number of pyridine rings is 6. The number of alkyl halides is 3. The first-order chi connectivity index (χ1) is 65.0. The van der Waals surface area contributed by atoms with Crippen LogP contribution in [0.2, 0.25) is 5.15 Å². The van der Waals surface area contributed by atoms with Gasteiger partial charge in [0.25, 0.3) is 0 Å². The van der Waals surface area contributed by atoms with Crippen LogP contribution in [0.1, 0.15) is 341 Å². The zero-order valence-electron chi connectivity index (χ0n) is 83.0. The first-order valence-electron chi connectivity index (χ1n) is 49.8. The summed E-state index contributed by atoms with van der Waals surface area (Å²) in [5.41, 5.74) is 12.1. The van der Waals surface area contributed by atoms with Gasteiger partial charge in [-0.25, -0.2) is 59.8 Å². The van der Waals surface area contributed by atoms with E-state index in [0.29, 0.717) is 83.5 Å². The number of amides is 6. The minimum atomic E-state index is -4.52. The molecule has 12 heterocycles. The van der Waals surface area contributed by atoms with Gasteiger partial charge >= 0.3 is 6.18 Å². The molecule has 8 fully saturated rings. The van der Waals surface area contributed by atoms with Gasteiger partial charge in [0.05, 0.1) is 0 Å². The Morgan fingerprint density at radius 2 is 0.577 bits per heavy atom. The van der Waals surface area contributed by atoms with E-state index >= 15 is 0 Å². The van der Waals surface area contributed by atoms with Crippen LogP contribution in [0.15, 0.2) is 72.8 Å². The number of nitrogens with one attached hydrogen (secondary N) is 6. The third-order valence-electron chi connectivity index (χ3n) is 29.9. The van der Waals surface area contributed by atoms with Gasteiger partial charge in [0.2, 0.25) is 71.1 Å². The Balaban J connectivity index is 0.000000125. The van der Waals surface area contributed by atoms with Gasteiger partial charge in [0.1, 0.15) is 43.9 Å². The summed E-state index contributed by atoms with van der Waals surface area (Å²) in [6.45, 7) is 36.2. The number of carbonyl (C=O) groups excluding carboxylic acids is 6. The fourth-order valence-corrected chi connectivity index (χ4v) is 18.1. The molecule has 6 N–H and O–H groups in total. The molecule has 0 aromatic carbocycles. The van der Waals surface area contributed by atoms with E-state index in [0.717, 1.165) is 207 Å². The molecule has 12 aromatic rings.